The van der Waals surface area contributed by atoms with E-state index in [0.717, 1.165) is 25.9 Å². The summed E-state index contributed by atoms with van der Waals surface area (Å²) in [6.07, 6.45) is 2.03. The molecule has 2 aliphatic rings. The van der Waals surface area contributed by atoms with Gasteiger partial charge in [0.05, 0.1) is 5.92 Å². The number of carboxylic acid groups (broad SMARTS) is 1. The molecule has 0 bridgehead atoms. The first-order valence-electron chi connectivity index (χ1n) is 7.06. The van der Waals surface area contributed by atoms with Crippen LogP contribution in [-0.4, -0.2) is 72.1 Å². The van der Waals surface area contributed by atoms with E-state index in [1.807, 2.05) is 9.80 Å². The van der Waals surface area contributed by atoms with E-state index in [1.165, 1.54) is 0 Å². The molecule has 0 aromatic carbocycles. The van der Waals surface area contributed by atoms with Gasteiger partial charge in [0.15, 0.2) is 0 Å². The van der Waals surface area contributed by atoms with E-state index in [0.29, 0.717) is 26.2 Å². The fourth-order valence-corrected chi connectivity index (χ4v) is 2.81. The Morgan fingerprint density at radius 2 is 1.95 bits per heavy atom. The summed E-state index contributed by atoms with van der Waals surface area (Å²) in [6, 6.07) is -0.464. The summed E-state index contributed by atoms with van der Waals surface area (Å²) in [6.45, 7) is 6.09. The molecular formula is C13H23N3O3. The maximum absolute atomic E-state index is 12.3. The van der Waals surface area contributed by atoms with E-state index in [4.69, 9.17) is 5.11 Å². The molecule has 0 aromatic rings. The first-order valence-corrected chi connectivity index (χ1v) is 7.06. The number of piperidine rings is 1. The lowest BCUT2D eigenvalue weighted by Gasteiger charge is -2.38. The van der Waals surface area contributed by atoms with Crippen LogP contribution in [0.1, 0.15) is 19.8 Å². The minimum Gasteiger partial charge on any atom is -0.480 e. The smallest absolute Gasteiger partial charge is 0.320 e. The van der Waals surface area contributed by atoms with Gasteiger partial charge in [-0.1, -0.05) is 0 Å². The highest BCUT2D eigenvalue weighted by atomic mass is 16.4. The Labute approximate surface area is 113 Å². The van der Waals surface area contributed by atoms with E-state index in [-0.39, 0.29) is 11.8 Å². The van der Waals surface area contributed by atoms with E-state index in [9.17, 15) is 9.59 Å². The van der Waals surface area contributed by atoms with Gasteiger partial charge in [0.1, 0.15) is 6.04 Å². The number of hydrogen-bond acceptors (Lipinski definition) is 4. The second kappa shape index (κ2) is 6.34. The number of aliphatic carboxylic acids is 1. The van der Waals surface area contributed by atoms with E-state index in [1.54, 1.807) is 6.92 Å². The first kappa shape index (κ1) is 14.3. The molecular weight excluding hydrogens is 246 g/mol. The number of piperazine rings is 1. The lowest BCUT2D eigenvalue weighted by atomic mass is 9.98. The van der Waals surface area contributed by atoms with Gasteiger partial charge in [-0.05, 0) is 26.3 Å². The minimum absolute atomic E-state index is 0.109. The maximum Gasteiger partial charge on any atom is 0.320 e. The van der Waals surface area contributed by atoms with Gasteiger partial charge in [-0.25, -0.2) is 0 Å². The minimum atomic E-state index is -0.795. The third kappa shape index (κ3) is 3.45. The van der Waals surface area contributed by atoms with Crippen LogP contribution < -0.4 is 5.32 Å². The Bertz CT molecular complexity index is 334. The molecule has 19 heavy (non-hydrogen) atoms. The lowest BCUT2D eigenvalue weighted by Crippen LogP contribution is -2.55. The number of carbonyl (C=O) groups is 2. The van der Waals surface area contributed by atoms with Gasteiger partial charge in [0, 0.05) is 32.7 Å². The van der Waals surface area contributed by atoms with Gasteiger partial charge in [-0.15, -0.1) is 0 Å². The molecule has 0 radical (unpaired) electrons. The van der Waals surface area contributed by atoms with Crippen LogP contribution in [0.5, 0.6) is 0 Å². The molecule has 0 saturated carbocycles. The molecule has 2 fully saturated rings. The van der Waals surface area contributed by atoms with E-state index in [2.05, 4.69) is 5.32 Å². The van der Waals surface area contributed by atoms with Crippen molar-refractivity contribution in [1.29, 1.82) is 0 Å². The largest absolute Gasteiger partial charge is 0.480 e. The number of carbonyl (C=O) groups excluding carboxylic acids is 1. The van der Waals surface area contributed by atoms with Gasteiger partial charge in [-0.2, -0.15) is 0 Å². The Morgan fingerprint density at radius 3 is 2.47 bits per heavy atom. The number of nitrogens with one attached hydrogen (secondary N) is 1. The number of nitrogens with zero attached hydrogens (tertiary/aromatic N) is 2. The van der Waals surface area contributed by atoms with Crippen LogP contribution in [0.2, 0.25) is 0 Å². The van der Waals surface area contributed by atoms with Gasteiger partial charge in [-0.3, -0.25) is 14.5 Å². The molecule has 2 saturated heterocycles. The zero-order valence-corrected chi connectivity index (χ0v) is 11.5. The van der Waals surface area contributed by atoms with Crippen molar-refractivity contribution in [2.75, 3.05) is 39.3 Å². The molecule has 1 unspecified atom stereocenters. The topological polar surface area (TPSA) is 72.9 Å². The number of carboxylic acids is 1. The number of amides is 1. The predicted octanol–water partition coefficient (Wildman–Crippen LogP) is -0.397. The van der Waals surface area contributed by atoms with Crippen molar-refractivity contribution in [1.82, 2.24) is 15.1 Å². The molecule has 0 spiro atoms. The fourth-order valence-electron chi connectivity index (χ4n) is 2.81. The molecule has 0 aromatic heterocycles. The summed E-state index contributed by atoms with van der Waals surface area (Å²) in [5, 5.41) is 12.2. The molecule has 0 aliphatic carbocycles. The summed E-state index contributed by atoms with van der Waals surface area (Å²) >= 11 is 0. The van der Waals surface area contributed by atoms with Crippen molar-refractivity contribution in [3.05, 3.63) is 0 Å². The first-order chi connectivity index (χ1) is 9.09. The Morgan fingerprint density at radius 1 is 1.26 bits per heavy atom. The molecule has 2 rings (SSSR count). The van der Waals surface area contributed by atoms with Gasteiger partial charge in [0.2, 0.25) is 5.91 Å². The molecule has 6 heteroatoms. The quantitative estimate of drug-likeness (QED) is 0.729. The van der Waals surface area contributed by atoms with Crippen molar-refractivity contribution >= 4 is 11.9 Å². The average molecular weight is 269 g/mol. The fraction of sp³-hybridized carbons (Fsp3) is 0.846. The molecule has 2 aliphatic heterocycles. The SMILES string of the molecule is CC(C(=O)O)N1CCN(C(=O)[C@H]2CCCNC2)CC1. The van der Waals surface area contributed by atoms with E-state index >= 15 is 0 Å². The summed E-state index contributed by atoms with van der Waals surface area (Å²) in [5.74, 6) is -0.455. The van der Waals surface area contributed by atoms with Crippen molar-refractivity contribution in [2.24, 2.45) is 5.92 Å². The molecule has 108 valence electrons. The number of hydrogen-bond donors (Lipinski definition) is 2. The van der Waals surface area contributed by atoms with Crippen molar-refractivity contribution < 1.29 is 14.7 Å². The summed E-state index contributed by atoms with van der Waals surface area (Å²) in [7, 11) is 0. The van der Waals surface area contributed by atoms with Crippen LogP contribution >= 0.6 is 0 Å². The maximum atomic E-state index is 12.3. The Kier molecular flexibility index (Phi) is 4.76. The zero-order valence-electron chi connectivity index (χ0n) is 11.5. The summed E-state index contributed by atoms with van der Waals surface area (Å²) in [4.78, 5) is 27.1. The van der Waals surface area contributed by atoms with Crippen molar-refractivity contribution in [3.8, 4) is 0 Å². The third-order valence-electron chi connectivity index (χ3n) is 4.18. The molecule has 2 atom stereocenters. The van der Waals surface area contributed by atoms with Crippen molar-refractivity contribution in [2.45, 2.75) is 25.8 Å². The highest BCUT2D eigenvalue weighted by Crippen LogP contribution is 2.15. The van der Waals surface area contributed by atoms with Gasteiger partial charge in [0.25, 0.3) is 0 Å². The van der Waals surface area contributed by atoms with Crippen LogP contribution in [0, 0.1) is 5.92 Å². The Balaban J connectivity index is 1.82. The van der Waals surface area contributed by atoms with Crippen LogP contribution in [0.25, 0.3) is 0 Å². The zero-order chi connectivity index (χ0) is 13.8. The highest BCUT2D eigenvalue weighted by Gasteiger charge is 2.30. The normalized spacial score (nSPS) is 27.0. The Hall–Kier alpha value is -1.14. The monoisotopic (exact) mass is 269 g/mol. The van der Waals surface area contributed by atoms with Crippen LogP contribution in [0.4, 0.5) is 0 Å². The van der Waals surface area contributed by atoms with E-state index < -0.39 is 12.0 Å². The molecule has 2 heterocycles. The third-order valence-corrected chi connectivity index (χ3v) is 4.18. The van der Waals surface area contributed by atoms with Gasteiger partial charge < -0.3 is 15.3 Å². The van der Waals surface area contributed by atoms with Crippen LogP contribution in [-0.2, 0) is 9.59 Å². The summed E-state index contributed by atoms with van der Waals surface area (Å²) in [5.41, 5.74) is 0. The standard InChI is InChI=1S/C13H23N3O3/c1-10(13(18)19)15-5-7-16(8-6-15)12(17)11-3-2-4-14-9-11/h10-11,14H,2-9H2,1H3,(H,18,19)/t10?,11-/m0/s1. The molecule has 6 nitrogen and oxygen atoms in total. The average Bonchev–Trinajstić information content (AvgIpc) is 2.46. The second-order valence-electron chi connectivity index (χ2n) is 5.42. The number of rotatable bonds is 3. The predicted molar refractivity (Wildman–Crippen MR) is 70.8 cm³/mol. The lowest BCUT2D eigenvalue weighted by molar-refractivity contribution is -0.144. The highest BCUT2D eigenvalue weighted by molar-refractivity contribution is 5.79. The van der Waals surface area contributed by atoms with Crippen LogP contribution in [0.15, 0.2) is 0 Å². The molecule has 2 N–H and O–H groups in total. The second-order valence-corrected chi connectivity index (χ2v) is 5.42. The van der Waals surface area contributed by atoms with Crippen molar-refractivity contribution in [3.63, 3.8) is 0 Å². The van der Waals surface area contributed by atoms with Crippen LogP contribution in [0.3, 0.4) is 0 Å². The molecule has 1 amide bonds. The summed E-state index contributed by atoms with van der Waals surface area (Å²) < 4.78 is 0. The van der Waals surface area contributed by atoms with Gasteiger partial charge >= 0.3 is 5.97 Å².